The fraction of sp³-hybridized carbons (Fsp3) is 0.600. The van der Waals surface area contributed by atoms with Gasteiger partial charge < -0.3 is 25.6 Å². The van der Waals surface area contributed by atoms with E-state index in [1.54, 1.807) is 0 Å². The van der Waals surface area contributed by atoms with Crippen LogP contribution >= 0.6 is 0 Å². The lowest BCUT2D eigenvalue weighted by Gasteiger charge is -2.32. The summed E-state index contributed by atoms with van der Waals surface area (Å²) in [7, 11) is 2.19. The van der Waals surface area contributed by atoms with Crippen molar-refractivity contribution >= 4 is 11.8 Å². The lowest BCUT2D eigenvalue weighted by atomic mass is 10.0. The molecule has 0 bridgehead atoms. The first-order valence-electron chi connectivity index (χ1n) is 12.0. The summed E-state index contributed by atoms with van der Waals surface area (Å²) in [5.74, 6) is 2.10. The smallest absolute Gasteiger partial charge is 0.224 e. The molecule has 7 nitrogen and oxygen atoms in total. The maximum atomic E-state index is 6.26. The molecule has 2 aromatic rings. The number of benzene rings is 1. The summed E-state index contributed by atoms with van der Waals surface area (Å²) in [5.41, 5.74) is 9.36. The molecule has 32 heavy (non-hydrogen) atoms. The number of piperazine rings is 1. The monoisotopic (exact) mass is 440 g/mol. The fourth-order valence-electron chi connectivity index (χ4n) is 3.95. The van der Waals surface area contributed by atoms with E-state index in [-0.39, 0.29) is 0 Å². The first kappa shape index (κ1) is 24.3. The van der Waals surface area contributed by atoms with Crippen molar-refractivity contribution in [2.45, 2.75) is 46.0 Å². The van der Waals surface area contributed by atoms with Crippen molar-refractivity contribution in [3.63, 3.8) is 0 Å². The van der Waals surface area contributed by atoms with E-state index in [1.165, 1.54) is 18.4 Å². The van der Waals surface area contributed by atoms with Gasteiger partial charge in [-0.1, -0.05) is 31.9 Å². The maximum absolute atomic E-state index is 6.26. The molecule has 1 aliphatic heterocycles. The Bertz CT molecular complexity index is 795. The number of rotatable bonds is 12. The summed E-state index contributed by atoms with van der Waals surface area (Å²) in [6.45, 7) is 11.6. The van der Waals surface area contributed by atoms with E-state index in [1.807, 2.05) is 19.1 Å². The Hall–Kier alpha value is -2.38. The zero-order valence-corrected chi connectivity index (χ0v) is 20.1. The highest BCUT2D eigenvalue weighted by molar-refractivity contribution is 5.49. The molecule has 2 heterocycles. The second-order valence-corrected chi connectivity index (χ2v) is 8.80. The molecule has 1 aromatic carbocycles. The number of anilines is 2. The highest BCUT2D eigenvalue weighted by Gasteiger charge is 2.13. The molecule has 1 aliphatic rings. The predicted octanol–water partition coefficient (Wildman–Crippen LogP) is 3.58. The molecular formula is C25H40N6O. The van der Waals surface area contributed by atoms with Gasteiger partial charge in [0.25, 0.3) is 0 Å². The summed E-state index contributed by atoms with van der Waals surface area (Å²) < 4.78 is 5.95. The number of ether oxygens (including phenoxy) is 1. The van der Waals surface area contributed by atoms with E-state index in [2.05, 4.69) is 51.2 Å². The van der Waals surface area contributed by atoms with Gasteiger partial charge >= 0.3 is 0 Å². The van der Waals surface area contributed by atoms with Crippen LogP contribution in [0.3, 0.4) is 0 Å². The summed E-state index contributed by atoms with van der Waals surface area (Å²) in [6.07, 6.45) is 5.29. The summed E-state index contributed by atoms with van der Waals surface area (Å²) in [5, 5.41) is 3.28. The third kappa shape index (κ3) is 7.64. The SMILES string of the molecule is CCCCCNc1nc(C)c(Cc2ccc(OCCCN3CCN(C)CC3)cc2)c(N)n1. The second kappa shape index (κ2) is 12.6. The molecule has 1 aromatic heterocycles. The van der Waals surface area contributed by atoms with Crippen LogP contribution in [0.1, 0.15) is 49.4 Å². The third-order valence-corrected chi connectivity index (χ3v) is 6.10. The van der Waals surface area contributed by atoms with Gasteiger partial charge in [0.2, 0.25) is 5.95 Å². The number of likely N-dealkylation sites (N-methyl/N-ethyl adjacent to an activating group) is 1. The first-order valence-corrected chi connectivity index (χ1v) is 12.0. The number of unbranched alkanes of at least 4 members (excludes halogenated alkanes) is 2. The average molecular weight is 441 g/mol. The van der Waals surface area contributed by atoms with E-state index in [9.17, 15) is 0 Å². The van der Waals surface area contributed by atoms with Gasteiger partial charge in [-0.05, 0) is 44.5 Å². The standard InChI is InChI=1S/C25H40N6O/c1-4-5-6-12-27-25-28-20(2)23(24(26)29-25)19-21-8-10-22(11-9-21)32-18-7-13-31-16-14-30(3)15-17-31/h8-11H,4-7,12-19H2,1-3H3,(H3,26,27,28,29). The number of aryl methyl sites for hydroxylation is 1. The Balaban J connectivity index is 1.44. The van der Waals surface area contributed by atoms with Gasteiger partial charge in [-0.15, -0.1) is 0 Å². The van der Waals surface area contributed by atoms with Crippen molar-refractivity contribution in [3.8, 4) is 5.75 Å². The van der Waals surface area contributed by atoms with Gasteiger partial charge in [-0.3, -0.25) is 0 Å². The Morgan fingerprint density at radius 3 is 2.47 bits per heavy atom. The Labute approximate surface area is 193 Å². The van der Waals surface area contributed by atoms with Crippen molar-refractivity contribution < 1.29 is 4.74 Å². The lowest BCUT2D eigenvalue weighted by molar-refractivity contribution is 0.145. The van der Waals surface area contributed by atoms with E-state index >= 15 is 0 Å². The number of nitrogens with one attached hydrogen (secondary N) is 1. The van der Waals surface area contributed by atoms with Gasteiger partial charge in [0.05, 0.1) is 6.61 Å². The zero-order valence-electron chi connectivity index (χ0n) is 20.1. The molecule has 0 amide bonds. The number of nitrogens with zero attached hydrogens (tertiary/aromatic N) is 4. The van der Waals surface area contributed by atoms with Crippen molar-refractivity contribution in [2.75, 3.05) is 64.0 Å². The topological polar surface area (TPSA) is 79.5 Å². The van der Waals surface area contributed by atoms with Crippen LogP contribution in [-0.2, 0) is 6.42 Å². The molecule has 1 fully saturated rings. The molecule has 176 valence electrons. The molecule has 3 rings (SSSR count). The van der Waals surface area contributed by atoms with Crippen molar-refractivity contribution in [3.05, 3.63) is 41.1 Å². The molecule has 0 saturated carbocycles. The normalized spacial score (nSPS) is 15.1. The largest absolute Gasteiger partial charge is 0.494 e. The quantitative estimate of drug-likeness (QED) is 0.488. The molecule has 1 saturated heterocycles. The Morgan fingerprint density at radius 2 is 1.78 bits per heavy atom. The fourth-order valence-corrected chi connectivity index (χ4v) is 3.95. The summed E-state index contributed by atoms with van der Waals surface area (Å²) >= 11 is 0. The average Bonchev–Trinajstić information content (AvgIpc) is 2.79. The van der Waals surface area contributed by atoms with Crippen molar-refractivity contribution in [1.29, 1.82) is 0 Å². The van der Waals surface area contributed by atoms with E-state index < -0.39 is 0 Å². The summed E-state index contributed by atoms with van der Waals surface area (Å²) in [4.78, 5) is 14.0. The zero-order chi connectivity index (χ0) is 22.8. The van der Waals surface area contributed by atoms with E-state index in [4.69, 9.17) is 10.5 Å². The molecule has 0 spiro atoms. The van der Waals surface area contributed by atoms with Crippen molar-refractivity contribution in [2.24, 2.45) is 0 Å². The van der Waals surface area contributed by atoms with E-state index in [0.717, 1.165) is 82.1 Å². The van der Waals surface area contributed by atoms with Gasteiger partial charge in [0.15, 0.2) is 0 Å². The first-order chi connectivity index (χ1) is 15.5. The van der Waals surface area contributed by atoms with Crippen LogP contribution in [-0.4, -0.2) is 72.7 Å². The molecule has 3 N–H and O–H groups in total. The Morgan fingerprint density at radius 1 is 1.03 bits per heavy atom. The predicted molar refractivity (Wildman–Crippen MR) is 132 cm³/mol. The molecular weight excluding hydrogens is 400 g/mol. The molecule has 0 aliphatic carbocycles. The molecule has 0 atom stereocenters. The minimum Gasteiger partial charge on any atom is -0.494 e. The summed E-state index contributed by atoms with van der Waals surface area (Å²) in [6, 6.07) is 8.29. The Kier molecular flexibility index (Phi) is 9.56. The third-order valence-electron chi connectivity index (χ3n) is 6.10. The van der Waals surface area contributed by atoms with Crippen LogP contribution in [0, 0.1) is 6.92 Å². The van der Waals surface area contributed by atoms with Crippen LogP contribution in [0.4, 0.5) is 11.8 Å². The number of hydrogen-bond acceptors (Lipinski definition) is 7. The van der Waals surface area contributed by atoms with Crippen LogP contribution in [0.15, 0.2) is 24.3 Å². The minimum atomic E-state index is 0.555. The van der Waals surface area contributed by atoms with Crippen LogP contribution in [0.25, 0.3) is 0 Å². The van der Waals surface area contributed by atoms with Crippen LogP contribution in [0.2, 0.25) is 0 Å². The second-order valence-electron chi connectivity index (χ2n) is 8.80. The maximum Gasteiger partial charge on any atom is 0.224 e. The lowest BCUT2D eigenvalue weighted by Crippen LogP contribution is -2.44. The number of aromatic nitrogens is 2. The number of hydrogen-bond donors (Lipinski definition) is 2. The highest BCUT2D eigenvalue weighted by Crippen LogP contribution is 2.21. The number of nitrogen functional groups attached to an aromatic ring is 1. The molecule has 0 radical (unpaired) electrons. The van der Waals surface area contributed by atoms with Crippen LogP contribution in [0.5, 0.6) is 5.75 Å². The molecule has 7 heteroatoms. The van der Waals surface area contributed by atoms with E-state index in [0.29, 0.717) is 11.8 Å². The van der Waals surface area contributed by atoms with Crippen molar-refractivity contribution in [1.82, 2.24) is 19.8 Å². The minimum absolute atomic E-state index is 0.555. The van der Waals surface area contributed by atoms with Gasteiger partial charge in [0, 0.05) is 56.9 Å². The molecule has 0 unspecified atom stereocenters. The number of nitrogens with two attached hydrogens (primary N) is 1. The van der Waals surface area contributed by atoms with Crippen LogP contribution < -0.4 is 15.8 Å². The highest BCUT2D eigenvalue weighted by atomic mass is 16.5. The van der Waals surface area contributed by atoms with Gasteiger partial charge in [-0.2, -0.15) is 4.98 Å². The van der Waals surface area contributed by atoms with Gasteiger partial charge in [-0.25, -0.2) is 4.98 Å². The van der Waals surface area contributed by atoms with Gasteiger partial charge in [0.1, 0.15) is 11.6 Å².